The van der Waals surface area contributed by atoms with Crippen molar-refractivity contribution in [1.29, 1.82) is 0 Å². The molecule has 2 N–H and O–H groups in total. The molecule has 2 aliphatic heterocycles. The maximum atomic E-state index is 5.89. The Kier molecular flexibility index (Phi) is 4.70. The summed E-state index contributed by atoms with van der Waals surface area (Å²) in [5.41, 5.74) is 0.0501. The number of rotatable bonds is 2. The molecule has 1 spiro atoms. The highest BCUT2D eigenvalue weighted by atomic mass is 35.5. The largest absolute Gasteiger partial charge is 0.381 e. The molecule has 0 unspecified atom stereocenters. The number of hydrogen-bond donors (Lipinski definition) is 1. The van der Waals surface area contributed by atoms with Gasteiger partial charge in [-0.2, -0.15) is 15.4 Å². The average Bonchev–Trinajstić information content (AvgIpc) is 3.08. The lowest BCUT2D eigenvalue weighted by Crippen LogP contribution is -2.38. The first-order valence-corrected chi connectivity index (χ1v) is 8.45. The van der Waals surface area contributed by atoms with Gasteiger partial charge < -0.3 is 9.57 Å². The van der Waals surface area contributed by atoms with E-state index in [1.807, 2.05) is 18.3 Å². The minimum absolute atomic E-state index is 0.0501. The molecule has 21 heavy (non-hydrogen) atoms. The van der Waals surface area contributed by atoms with Gasteiger partial charge in [0.25, 0.3) is 0 Å². The van der Waals surface area contributed by atoms with Gasteiger partial charge in [-0.25, -0.2) is 5.01 Å². The van der Waals surface area contributed by atoms with E-state index >= 15 is 0 Å². The molecule has 0 radical (unpaired) electrons. The fourth-order valence-corrected chi connectivity index (χ4v) is 4.19. The molecule has 6 nitrogen and oxygen atoms in total. The van der Waals surface area contributed by atoms with Crippen molar-refractivity contribution in [3.8, 4) is 0 Å². The first kappa shape index (κ1) is 15.1. The summed E-state index contributed by atoms with van der Waals surface area (Å²) in [7, 11) is 0. The standard InChI is InChI=1S/C12H15ClN4O2S2/c13-9-1-2-10(20-9)21-16-11(19-14)17-8-12(7-15-17)3-5-18-6-4-12/h1-2,7H,3-6,8,14H2/b16-11-. The molecular formula is C12H15ClN4O2S2. The number of nitrogens with two attached hydrogens (primary N) is 1. The van der Waals surface area contributed by atoms with E-state index in [9.17, 15) is 0 Å². The van der Waals surface area contributed by atoms with E-state index in [0.29, 0.717) is 6.02 Å². The molecule has 114 valence electrons. The zero-order chi connectivity index (χ0) is 14.7. The number of halogens is 1. The molecule has 1 saturated heterocycles. The predicted octanol–water partition coefficient (Wildman–Crippen LogP) is 2.75. The highest BCUT2D eigenvalue weighted by Gasteiger charge is 2.38. The van der Waals surface area contributed by atoms with Crippen LogP contribution in [0.25, 0.3) is 0 Å². The van der Waals surface area contributed by atoms with Crippen molar-refractivity contribution >= 4 is 47.1 Å². The summed E-state index contributed by atoms with van der Waals surface area (Å²) in [5.74, 6) is 5.33. The Morgan fingerprint density at radius 1 is 1.52 bits per heavy atom. The lowest BCUT2D eigenvalue weighted by atomic mass is 9.82. The van der Waals surface area contributed by atoms with E-state index in [0.717, 1.165) is 41.1 Å². The average molecular weight is 347 g/mol. The van der Waals surface area contributed by atoms with Crippen LogP contribution in [0.3, 0.4) is 0 Å². The first-order chi connectivity index (χ1) is 10.2. The van der Waals surface area contributed by atoms with Gasteiger partial charge in [0, 0.05) is 36.8 Å². The van der Waals surface area contributed by atoms with Crippen molar-refractivity contribution in [3.05, 3.63) is 16.5 Å². The number of ether oxygens (including phenoxy) is 1. The maximum Gasteiger partial charge on any atom is 0.339 e. The van der Waals surface area contributed by atoms with Crippen LogP contribution in [0.15, 0.2) is 25.8 Å². The summed E-state index contributed by atoms with van der Waals surface area (Å²) < 4.78 is 11.4. The van der Waals surface area contributed by atoms with Crippen LogP contribution in [-0.2, 0) is 9.57 Å². The van der Waals surface area contributed by atoms with Crippen molar-refractivity contribution in [3.63, 3.8) is 0 Å². The number of hydrogen-bond acceptors (Lipinski definition) is 7. The van der Waals surface area contributed by atoms with Crippen LogP contribution in [0.4, 0.5) is 0 Å². The van der Waals surface area contributed by atoms with Crippen molar-refractivity contribution < 1.29 is 9.57 Å². The summed E-state index contributed by atoms with van der Waals surface area (Å²) in [4.78, 5) is 4.88. The lowest BCUT2D eigenvalue weighted by molar-refractivity contribution is 0.0435. The van der Waals surface area contributed by atoms with Gasteiger partial charge in [-0.3, -0.25) is 0 Å². The molecule has 2 aliphatic rings. The first-order valence-electron chi connectivity index (χ1n) is 6.48. The fourth-order valence-electron chi connectivity index (χ4n) is 2.31. The second-order valence-electron chi connectivity index (χ2n) is 4.92. The summed E-state index contributed by atoms with van der Waals surface area (Å²) in [5, 5.41) is 6.08. The molecule has 0 bridgehead atoms. The number of nitrogens with zero attached hydrogens (tertiary/aromatic N) is 3. The van der Waals surface area contributed by atoms with Crippen molar-refractivity contribution in [2.24, 2.45) is 20.8 Å². The van der Waals surface area contributed by atoms with Gasteiger partial charge in [-0.15, -0.1) is 11.3 Å². The molecule has 3 rings (SSSR count). The van der Waals surface area contributed by atoms with E-state index in [2.05, 4.69) is 9.50 Å². The molecule has 0 aromatic carbocycles. The van der Waals surface area contributed by atoms with Gasteiger partial charge in [0.15, 0.2) is 0 Å². The van der Waals surface area contributed by atoms with Crippen LogP contribution in [0.2, 0.25) is 4.34 Å². The van der Waals surface area contributed by atoms with Crippen LogP contribution in [0, 0.1) is 5.41 Å². The van der Waals surface area contributed by atoms with Crippen molar-refractivity contribution in [2.75, 3.05) is 19.8 Å². The third-order valence-corrected chi connectivity index (χ3v) is 5.58. The third-order valence-electron chi connectivity index (χ3n) is 3.51. The molecular weight excluding hydrogens is 332 g/mol. The monoisotopic (exact) mass is 346 g/mol. The van der Waals surface area contributed by atoms with Crippen LogP contribution in [0.1, 0.15) is 12.8 Å². The van der Waals surface area contributed by atoms with Gasteiger partial charge in [0.05, 0.1) is 15.1 Å². The third kappa shape index (κ3) is 3.51. The van der Waals surface area contributed by atoms with Crippen molar-refractivity contribution in [2.45, 2.75) is 17.1 Å². The maximum absolute atomic E-state index is 5.89. The molecule has 9 heteroatoms. The highest BCUT2D eigenvalue weighted by Crippen LogP contribution is 2.35. The molecule has 0 atom stereocenters. The molecule has 0 aliphatic carbocycles. The van der Waals surface area contributed by atoms with E-state index in [1.165, 1.54) is 23.3 Å². The van der Waals surface area contributed by atoms with Gasteiger partial charge in [-0.1, -0.05) is 11.6 Å². The van der Waals surface area contributed by atoms with Crippen LogP contribution in [0.5, 0.6) is 0 Å². The summed E-state index contributed by atoms with van der Waals surface area (Å²) in [6.07, 6.45) is 3.88. The summed E-state index contributed by atoms with van der Waals surface area (Å²) >= 11 is 8.62. The molecule has 1 fully saturated rings. The molecule has 1 aromatic rings. The Labute approximate surface area is 136 Å². The fraction of sp³-hybridized carbons (Fsp3) is 0.500. The lowest BCUT2D eigenvalue weighted by Gasteiger charge is -2.30. The Bertz CT molecular complexity index is 557. The predicted molar refractivity (Wildman–Crippen MR) is 85.6 cm³/mol. The zero-order valence-electron chi connectivity index (χ0n) is 11.2. The van der Waals surface area contributed by atoms with E-state index < -0.39 is 0 Å². The Balaban J connectivity index is 1.65. The number of thiophene rings is 1. The quantitative estimate of drug-likeness (QED) is 0.386. The smallest absolute Gasteiger partial charge is 0.339 e. The van der Waals surface area contributed by atoms with E-state index in [1.54, 1.807) is 5.01 Å². The summed E-state index contributed by atoms with van der Waals surface area (Å²) in [6, 6.07) is 4.03. The highest BCUT2D eigenvalue weighted by molar-refractivity contribution is 8.00. The van der Waals surface area contributed by atoms with Crippen molar-refractivity contribution in [1.82, 2.24) is 5.01 Å². The zero-order valence-corrected chi connectivity index (χ0v) is 13.6. The molecule has 0 amide bonds. The van der Waals surface area contributed by atoms with Gasteiger partial charge in [-0.05, 0) is 25.0 Å². The number of hydrazone groups is 1. The molecule has 1 aromatic heterocycles. The SMILES string of the molecule is NO/C(=N\Sc1ccc(Cl)s1)N1CC2(C=N1)CCOCC2. The number of amidine groups is 1. The van der Waals surface area contributed by atoms with Crippen LogP contribution in [-0.4, -0.2) is 37.0 Å². The van der Waals surface area contributed by atoms with Crippen LogP contribution >= 0.6 is 34.9 Å². The Morgan fingerprint density at radius 3 is 3.00 bits per heavy atom. The van der Waals surface area contributed by atoms with Gasteiger partial charge in [0.2, 0.25) is 0 Å². The van der Waals surface area contributed by atoms with E-state index in [4.69, 9.17) is 27.1 Å². The van der Waals surface area contributed by atoms with Gasteiger partial charge in [0.1, 0.15) is 0 Å². The van der Waals surface area contributed by atoms with E-state index in [-0.39, 0.29) is 5.41 Å². The summed E-state index contributed by atoms with van der Waals surface area (Å²) in [6.45, 7) is 2.24. The normalized spacial score (nSPS) is 21.2. The molecule has 3 heterocycles. The topological polar surface area (TPSA) is 72.4 Å². The molecule has 0 saturated carbocycles. The second kappa shape index (κ2) is 6.53. The minimum Gasteiger partial charge on any atom is -0.381 e. The van der Waals surface area contributed by atoms with Gasteiger partial charge >= 0.3 is 6.02 Å². The minimum atomic E-state index is 0.0501. The van der Waals surface area contributed by atoms with Crippen LogP contribution < -0.4 is 5.90 Å². The second-order valence-corrected chi connectivity index (χ2v) is 7.70. The Hall–Kier alpha value is -0.800. The Morgan fingerprint density at radius 2 is 2.33 bits per heavy atom.